The molecule has 2 N–H and O–H groups in total. The highest BCUT2D eigenvalue weighted by Gasteiger charge is 2.22. The fourth-order valence-corrected chi connectivity index (χ4v) is 9.44. The summed E-state index contributed by atoms with van der Waals surface area (Å²) in [6.45, 7) is 13.5. The number of amides is 2. The number of ether oxygens (including phenoxy) is 2. The lowest BCUT2D eigenvalue weighted by Crippen LogP contribution is -2.48. The second-order valence-corrected chi connectivity index (χ2v) is 19.8. The topological polar surface area (TPSA) is 114 Å². The molecule has 9 nitrogen and oxygen atoms in total. The van der Waals surface area contributed by atoms with Crippen molar-refractivity contribution in [3.8, 4) is 0 Å². The van der Waals surface area contributed by atoms with Gasteiger partial charge >= 0.3 is 11.9 Å². The van der Waals surface area contributed by atoms with E-state index in [1.807, 2.05) is 0 Å². The Labute approximate surface area is 386 Å². The van der Waals surface area contributed by atoms with E-state index in [0.717, 1.165) is 45.3 Å². The van der Waals surface area contributed by atoms with Crippen LogP contribution in [0.2, 0.25) is 0 Å². The van der Waals surface area contributed by atoms with E-state index in [1.54, 1.807) is 11.8 Å². The summed E-state index contributed by atoms with van der Waals surface area (Å²) in [5.74, 6) is 1.53. The standard InChI is InChI=1S/C52H99N3O6S/c1-5-9-13-17-19-24-32-46(30-22-15-11-7-3)44-60-50(57)35-27-26-34-49(56)54-48(52(59)53-38-41-55-39-28-21-29-40-55)36-42-62-43-37-51(58)61-45-47(31-23-16-12-8-4)33-25-20-18-14-10-6-2/h46-48H,5-45H2,1-4H3,(H,53,59)(H,54,56). The summed E-state index contributed by atoms with van der Waals surface area (Å²) in [7, 11) is 0. The van der Waals surface area contributed by atoms with Crippen molar-refractivity contribution >= 4 is 35.5 Å². The first-order valence-electron chi connectivity index (χ1n) is 26.5. The number of nitrogens with one attached hydrogen (secondary N) is 2. The maximum absolute atomic E-state index is 13.4. The van der Waals surface area contributed by atoms with Crippen LogP contribution in [0.4, 0.5) is 0 Å². The molecule has 364 valence electrons. The lowest BCUT2D eigenvalue weighted by atomic mass is 9.95. The Bertz CT molecular complexity index is 1070. The number of nitrogens with zero attached hydrogens (tertiary/aromatic N) is 1. The SMILES string of the molecule is CCCCCCCCC(CCCCCC)COC(=O)CCCCC(=O)NC(CCSCCC(=O)OCC(CCCCCC)CCCCCCCC)C(=O)NCCN1CCCCC1. The van der Waals surface area contributed by atoms with Gasteiger partial charge in [-0.25, -0.2) is 0 Å². The van der Waals surface area contributed by atoms with E-state index < -0.39 is 6.04 Å². The van der Waals surface area contributed by atoms with E-state index in [4.69, 9.17) is 9.47 Å². The van der Waals surface area contributed by atoms with Gasteiger partial charge in [-0.2, -0.15) is 11.8 Å². The van der Waals surface area contributed by atoms with Crippen LogP contribution in [0.1, 0.15) is 240 Å². The molecule has 1 saturated heterocycles. The predicted molar refractivity (Wildman–Crippen MR) is 263 cm³/mol. The third-order valence-electron chi connectivity index (χ3n) is 12.7. The van der Waals surface area contributed by atoms with Crippen LogP contribution in [0, 0.1) is 11.8 Å². The average Bonchev–Trinajstić information content (AvgIpc) is 3.27. The van der Waals surface area contributed by atoms with Crippen LogP contribution >= 0.6 is 11.8 Å². The molecule has 0 aromatic heterocycles. The van der Waals surface area contributed by atoms with E-state index in [1.165, 1.54) is 148 Å². The largest absolute Gasteiger partial charge is 0.465 e. The molecule has 3 atom stereocenters. The number of likely N-dealkylation sites (tertiary alicyclic amines) is 1. The number of thioether (sulfide) groups is 1. The van der Waals surface area contributed by atoms with E-state index >= 15 is 0 Å². The highest BCUT2D eigenvalue weighted by molar-refractivity contribution is 7.99. The van der Waals surface area contributed by atoms with Gasteiger partial charge in [-0.05, 0) is 88.5 Å². The number of carbonyl (C=O) groups is 4. The molecule has 2 amide bonds. The molecule has 62 heavy (non-hydrogen) atoms. The van der Waals surface area contributed by atoms with Crippen LogP contribution in [-0.2, 0) is 28.7 Å². The Morgan fingerprint density at radius 2 is 0.968 bits per heavy atom. The fraction of sp³-hybridized carbons (Fsp3) is 0.923. The van der Waals surface area contributed by atoms with Crippen LogP contribution in [0.5, 0.6) is 0 Å². The number of carbonyl (C=O) groups excluding carboxylic acids is 4. The zero-order chi connectivity index (χ0) is 45.1. The Hall–Kier alpha value is -1.81. The number of hydrogen-bond acceptors (Lipinski definition) is 8. The normalized spacial score (nSPS) is 14.6. The summed E-state index contributed by atoms with van der Waals surface area (Å²) in [6, 6.07) is -0.635. The molecule has 3 unspecified atom stereocenters. The maximum Gasteiger partial charge on any atom is 0.306 e. The van der Waals surface area contributed by atoms with Crippen molar-refractivity contribution in [3.63, 3.8) is 0 Å². The molecule has 0 aromatic rings. The molecule has 1 aliphatic heterocycles. The zero-order valence-corrected chi connectivity index (χ0v) is 41.8. The van der Waals surface area contributed by atoms with Gasteiger partial charge in [-0.1, -0.05) is 163 Å². The Kier molecular flexibility index (Phi) is 40.5. The highest BCUT2D eigenvalue weighted by atomic mass is 32.2. The Morgan fingerprint density at radius 3 is 1.48 bits per heavy atom. The van der Waals surface area contributed by atoms with Crippen LogP contribution < -0.4 is 10.6 Å². The lowest BCUT2D eigenvalue weighted by Gasteiger charge is -2.26. The number of hydrogen-bond donors (Lipinski definition) is 2. The van der Waals surface area contributed by atoms with Crippen LogP contribution in [0.25, 0.3) is 0 Å². The molecule has 1 heterocycles. The Morgan fingerprint density at radius 1 is 0.516 bits per heavy atom. The van der Waals surface area contributed by atoms with Crippen molar-refractivity contribution < 1.29 is 28.7 Å². The third kappa shape index (κ3) is 35.5. The second kappa shape index (κ2) is 43.1. The number of esters is 2. The number of piperidine rings is 1. The van der Waals surface area contributed by atoms with Gasteiger partial charge in [-0.15, -0.1) is 0 Å². The fourth-order valence-electron chi connectivity index (χ4n) is 8.53. The van der Waals surface area contributed by atoms with Gasteiger partial charge in [-0.3, -0.25) is 19.2 Å². The average molecular weight is 894 g/mol. The number of unbranched alkanes of at least 4 members (excludes halogenated alkanes) is 17. The summed E-state index contributed by atoms with van der Waals surface area (Å²) < 4.78 is 11.6. The second-order valence-electron chi connectivity index (χ2n) is 18.6. The summed E-state index contributed by atoms with van der Waals surface area (Å²) in [6.07, 6.45) is 36.0. The third-order valence-corrected chi connectivity index (χ3v) is 13.7. The van der Waals surface area contributed by atoms with Gasteiger partial charge in [0.25, 0.3) is 0 Å². The van der Waals surface area contributed by atoms with Gasteiger partial charge in [0.05, 0.1) is 19.6 Å². The van der Waals surface area contributed by atoms with Gasteiger partial charge in [0.1, 0.15) is 6.04 Å². The van der Waals surface area contributed by atoms with Crippen molar-refractivity contribution in [2.24, 2.45) is 11.8 Å². The predicted octanol–water partition coefficient (Wildman–Crippen LogP) is 12.9. The molecule has 0 bridgehead atoms. The first-order chi connectivity index (χ1) is 30.3. The summed E-state index contributed by atoms with van der Waals surface area (Å²) in [5, 5.41) is 6.08. The van der Waals surface area contributed by atoms with E-state index in [-0.39, 0.29) is 30.2 Å². The minimum absolute atomic E-state index is 0.140. The quantitative estimate of drug-likeness (QED) is 0.0459. The van der Waals surface area contributed by atoms with Gasteiger partial charge in [0.15, 0.2) is 0 Å². The lowest BCUT2D eigenvalue weighted by molar-refractivity contribution is -0.146. The molecule has 0 radical (unpaired) electrons. The van der Waals surface area contributed by atoms with Crippen LogP contribution in [0.15, 0.2) is 0 Å². The van der Waals surface area contributed by atoms with Crippen molar-refractivity contribution in [3.05, 3.63) is 0 Å². The van der Waals surface area contributed by atoms with E-state index in [0.29, 0.717) is 75.2 Å². The van der Waals surface area contributed by atoms with Crippen molar-refractivity contribution in [1.82, 2.24) is 15.5 Å². The van der Waals surface area contributed by atoms with Crippen molar-refractivity contribution in [2.75, 3.05) is 50.9 Å². The molecule has 0 aromatic carbocycles. The molecule has 0 aliphatic carbocycles. The van der Waals surface area contributed by atoms with Crippen LogP contribution in [-0.4, -0.2) is 85.6 Å². The highest BCUT2D eigenvalue weighted by Crippen LogP contribution is 2.22. The monoisotopic (exact) mass is 894 g/mol. The van der Waals surface area contributed by atoms with Gasteiger partial charge in [0, 0.05) is 31.7 Å². The molecular formula is C52H99N3O6S. The smallest absolute Gasteiger partial charge is 0.306 e. The van der Waals surface area contributed by atoms with E-state index in [9.17, 15) is 19.2 Å². The minimum atomic E-state index is -0.635. The summed E-state index contributed by atoms with van der Waals surface area (Å²) in [4.78, 5) is 54.3. The first kappa shape index (κ1) is 58.2. The Balaban J connectivity index is 2.53. The number of rotatable bonds is 44. The molecule has 0 saturated carbocycles. The first-order valence-corrected chi connectivity index (χ1v) is 27.7. The zero-order valence-electron chi connectivity index (χ0n) is 41.0. The maximum atomic E-state index is 13.4. The molecule has 10 heteroatoms. The van der Waals surface area contributed by atoms with Crippen LogP contribution in [0.3, 0.4) is 0 Å². The molecule has 0 spiro atoms. The van der Waals surface area contributed by atoms with E-state index in [2.05, 4.69) is 43.2 Å². The molecule has 1 rings (SSSR count). The van der Waals surface area contributed by atoms with Crippen molar-refractivity contribution in [1.29, 1.82) is 0 Å². The molecule has 1 fully saturated rings. The van der Waals surface area contributed by atoms with Crippen molar-refractivity contribution in [2.45, 2.75) is 246 Å². The van der Waals surface area contributed by atoms with Gasteiger partial charge < -0.3 is 25.0 Å². The summed E-state index contributed by atoms with van der Waals surface area (Å²) >= 11 is 1.63. The molecular weight excluding hydrogens is 795 g/mol. The minimum Gasteiger partial charge on any atom is -0.465 e. The van der Waals surface area contributed by atoms with Gasteiger partial charge in [0.2, 0.25) is 11.8 Å². The summed E-state index contributed by atoms with van der Waals surface area (Å²) in [5.41, 5.74) is 0. The molecule has 1 aliphatic rings.